The summed E-state index contributed by atoms with van der Waals surface area (Å²) >= 11 is 1.54. The normalized spacial score (nSPS) is 11.6. The van der Waals surface area contributed by atoms with Gasteiger partial charge in [-0.3, -0.25) is 19.1 Å². The number of fused-ring (bicyclic) bond motifs is 1. The number of carbonyl (C=O) groups excluding carboxylic acids is 1. The van der Waals surface area contributed by atoms with Crippen molar-refractivity contribution in [1.29, 1.82) is 0 Å². The SMILES string of the molecule is CCN(CC)Cc1nc2sc(C)c(C)c2c(=O)n1CC(=O)Nc1cccc(C(C)C)c1. The van der Waals surface area contributed by atoms with E-state index in [0.29, 0.717) is 23.7 Å². The average molecular weight is 441 g/mol. The van der Waals surface area contributed by atoms with Gasteiger partial charge in [-0.25, -0.2) is 4.98 Å². The zero-order valence-electron chi connectivity index (χ0n) is 19.3. The maximum Gasteiger partial charge on any atom is 0.263 e. The smallest absolute Gasteiger partial charge is 0.263 e. The third-order valence-electron chi connectivity index (χ3n) is 5.77. The second kappa shape index (κ2) is 9.75. The molecule has 7 heteroatoms. The zero-order valence-corrected chi connectivity index (χ0v) is 20.1. The van der Waals surface area contributed by atoms with Crippen LogP contribution >= 0.6 is 11.3 Å². The monoisotopic (exact) mass is 440 g/mol. The van der Waals surface area contributed by atoms with E-state index in [0.717, 1.165) is 39.6 Å². The molecule has 31 heavy (non-hydrogen) atoms. The predicted molar refractivity (Wildman–Crippen MR) is 129 cm³/mol. The average Bonchev–Trinajstić information content (AvgIpc) is 3.02. The summed E-state index contributed by atoms with van der Waals surface area (Å²) < 4.78 is 1.54. The summed E-state index contributed by atoms with van der Waals surface area (Å²) in [6.07, 6.45) is 0. The van der Waals surface area contributed by atoms with Crippen LogP contribution in [0.2, 0.25) is 0 Å². The molecule has 0 bridgehead atoms. The van der Waals surface area contributed by atoms with Crippen LogP contribution in [-0.2, 0) is 17.9 Å². The molecule has 0 aliphatic carbocycles. The maximum atomic E-state index is 13.4. The van der Waals surface area contributed by atoms with E-state index < -0.39 is 0 Å². The molecule has 0 saturated heterocycles. The first-order valence-electron chi connectivity index (χ1n) is 10.9. The third-order valence-corrected chi connectivity index (χ3v) is 6.87. The van der Waals surface area contributed by atoms with Gasteiger partial charge in [-0.2, -0.15) is 0 Å². The van der Waals surface area contributed by atoms with E-state index >= 15 is 0 Å². The van der Waals surface area contributed by atoms with Crippen LogP contribution in [0.25, 0.3) is 10.2 Å². The number of nitrogens with one attached hydrogen (secondary N) is 1. The van der Waals surface area contributed by atoms with E-state index in [1.165, 1.54) is 0 Å². The molecule has 0 aliphatic heterocycles. The Hall–Kier alpha value is -2.51. The number of benzene rings is 1. The van der Waals surface area contributed by atoms with Crippen LogP contribution in [0.3, 0.4) is 0 Å². The summed E-state index contributed by atoms with van der Waals surface area (Å²) in [5.41, 5.74) is 2.71. The van der Waals surface area contributed by atoms with Gasteiger partial charge < -0.3 is 5.32 Å². The fourth-order valence-corrected chi connectivity index (χ4v) is 4.66. The largest absolute Gasteiger partial charge is 0.325 e. The first kappa shape index (κ1) is 23.2. The molecule has 0 aliphatic rings. The highest BCUT2D eigenvalue weighted by atomic mass is 32.1. The van der Waals surface area contributed by atoms with Gasteiger partial charge in [-0.1, -0.05) is 39.8 Å². The number of carbonyl (C=O) groups is 1. The van der Waals surface area contributed by atoms with E-state index in [-0.39, 0.29) is 18.0 Å². The number of rotatable bonds is 8. The highest BCUT2D eigenvalue weighted by molar-refractivity contribution is 7.18. The number of thiophene rings is 1. The first-order chi connectivity index (χ1) is 14.7. The molecule has 1 aromatic carbocycles. The fourth-order valence-electron chi connectivity index (χ4n) is 3.62. The Kier molecular flexibility index (Phi) is 7.28. The molecule has 2 heterocycles. The minimum atomic E-state index is -0.227. The highest BCUT2D eigenvalue weighted by Crippen LogP contribution is 2.26. The van der Waals surface area contributed by atoms with E-state index in [1.54, 1.807) is 15.9 Å². The van der Waals surface area contributed by atoms with Crippen molar-refractivity contribution in [2.75, 3.05) is 18.4 Å². The molecule has 0 spiro atoms. The van der Waals surface area contributed by atoms with Crippen LogP contribution in [0.4, 0.5) is 5.69 Å². The summed E-state index contributed by atoms with van der Waals surface area (Å²) in [4.78, 5) is 35.2. The summed E-state index contributed by atoms with van der Waals surface area (Å²) in [5.74, 6) is 0.777. The summed E-state index contributed by atoms with van der Waals surface area (Å²) in [7, 11) is 0. The first-order valence-corrected chi connectivity index (χ1v) is 11.7. The van der Waals surface area contributed by atoms with Crippen molar-refractivity contribution < 1.29 is 4.79 Å². The number of hydrogen-bond donors (Lipinski definition) is 1. The van der Waals surface area contributed by atoms with E-state index in [1.807, 2.05) is 38.1 Å². The van der Waals surface area contributed by atoms with Crippen LogP contribution in [0.15, 0.2) is 29.1 Å². The number of amides is 1. The molecular formula is C24H32N4O2S. The molecule has 0 radical (unpaired) electrons. The lowest BCUT2D eigenvalue weighted by Gasteiger charge is -2.20. The number of aryl methyl sites for hydroxylation is 2. The Bertz CT molecular complexity index is 1140. The molecule has 6 nitrogen and oxygen atoms in total. The predicted octanol–water partition coefficient (Wildman–Crippen LogP) is 4.68. The molecule has 3 aromatic rings. The van der Waals surface area contributed by atoms with Crippen LogP contribution in [0.1, 0.15) is 55.4 Å². The Morgan fingerprint density at radius 2 is 1.94 bits per heavy atom. The van der Waals surface area contributed by atoms with E-state index in [4.69, 9.17) is 4.98 Å². The fraction of sp³-hybridized carbons (Fsp3) is 0.458. The Balaban J connectivity index is 1.98. The van der Waals surface area contributed by atoms with Gasteiger partial charge in [0.25, 0.3) is 5.56 Å². The van der Waals surface area contributed by atoms with Gasteiger partial charge in [0.15, 0.2) is 0 Å². The lowest BCUT2D eigenvalue weighted by molar-refractivity contribution is -0.116. The van der Waals surface area contributed by atoms with Gasteiger partial charge in [-0.05, 0) is 56.1 Å². The standard InChI is InChI=1S/C24H32N4O2S/c1-7-27(8-2)13-20-26-23-22(16(5)17(6)31-23)24(30)28(20)14-21(29)25-19-11-9-10-18(12-19)15(3)4/h9-12,15H,7-8,13-14H2,1-6H3,(H,25,29). The van der Waals surface area contributed by atoms with Gasteiger partial charge in [0.2, 0.25) is 5.91 Å². The van der Waals surface area contributed by atoms with E-state index in [9.17, 15) is 9.59 Å². The molecule has 166 valence electrons. The highest BCUT2D eigenvalue weighted by Gasteiger charge is 2.19. The van der Waals surface area contributed by atoms with Gasteiger partial charge in [-0.15, -0.1) is 11.3 Å². The molecule has 0 saturated carbocycles. The van der Waals surface area contributed by atoms with Crippen molar-refractivity contribution in [1.82, 2.24) is 14.5 Å². The molecule has 0 fully saturated rings. The minimum absolute atomic E-state index is 0.0569. The van der Waals surface area contributed by atoms with Crippen LogP contribution < -0.4 is 10.9 Å². The number of hydrogen-bond acceptors (Lipinski definition) is 5. The number of aromatic nitrogens is 2. The molecule has 1 amide bonds. The van der Waals surface area contributed by atoms with Crippen LogP contribution in [0, 0.1) is 13.8 Å². The van der Waals surface area contributed by atoms with E-state index in [2.05, 4.69) is 37.9 Å². The van der Waals surface area contributed by atoms with Gasteiger partial charge >= 0.3 is 0 Å². The zero-order chi connectivity index (χ0) is 22.7. The van der Waals surface area contributed by atoms with Crippen molar-refractivity contribution in [3.05, 3.63) is 56.4 Å². The summed E-state index contributed by atoms with van der Waals surface area (Å²) in [6.45, 7) is 14.5. The van der Waals surface area contributed by atoms with Crippen molar-refractivity contribution in [2.45, 2.75) is 60.5 Å². The van der Waals surface area contributed by atoms with Crippen molar-refractivity contribution in [3.63, 3.8) is 0 Å². The molecular weight excluding hydrogens is 408 g/mol. The molecule has 3 rings (SSSR count). The van der Waals surface area contributed by atoms with Gasteiger partial charge in [0, 0.05) is 10.6 Å². The topological polar surface area (TPSA) is 67.2 Å². The minimum Gasteiger partial charge on any atom is -0.325 e. The summed E-state index contributed by atoms with van der Waals surface area (Å²) in [5, 5.41) is 3.58. The summed E-state index contributed by atoms with van der Waals surface area (Å²) in [6, 6.07) is 7.84. The maximum absolute atomic E-state index is 13.4. The van der Waals surface area contributed by atoms with Crippen molar-refractivity contribution in [3.8, 4) is 0 Å². The number of nitrogens with zero attached hydrogens (tertiary/aromatic N) is 3. The third kappa shape index (κ3) is 5.05. The number of anilines is 1. The molecule has 0 atom stereocenters. The second-order valence-electron chi connectivity index (χ2n) is 8.17. The van der Waals surface area contributed by atoms with Gasteiger partial charge in [0.1, 0.15) is 17.2 Å². The molecule has 2 aromatic heterocycles. The van der Waals surface area contributed by atoms with Crippen LogP contribution in [0.5, 0.6) is 0 Å². The second-order valence-corrected chi connectivity index (χ2v) is 9.38. The Morgan fingerprint density at radius 1 is 1.23 bits per heavy atom. The lowest BCUT2D eigenvalue weighted by Crippen LogP contribution is -2.34. The van der Waals surface area contributed by atoms with Crippen molar-refractivity contribution >= 4 is 33.1 Å². The molecule has 1 N–H and O–H groups in total. The Morgan fingerprint density at radius 3 is 2.58 bits per heavy atom. The van der Waals surface area contributed by atoms with Crippen LogP contribution in [-0.4, -0.2) is 33.4 Å². The van der Waals surface area contributed by atoms with Gasteiger partial charge in [0.05, 0.1) is 11.9 Å². The van der Waals surface area contributed by atoms with Crippen molar-refractivity contribution in [2.24, 2.45) is 0 Å². The Labute approximate surface area is 187 Å². The molecule has 0 unspecified atom stereocenters. The quantitative estimate of drug-likeness (QED) is 0.552. The lowest BCUT2D eigenvalue weighted by atomic mass is 10.0.